The van der Waals surface area contributed by atoms with Gasteiger partial charge in [0.1, 0.15) is 11.5 Å². The molecule has 152 valence electrons. The van der Waals surface area contributed by atoms with E-state index in [-0.39, 0.29) is 23.9 Å². The fourth-order valence-corrected chi connectivity index (χ4v) is 2.95. The molecule has 6 heteroatoms. The predicted octanol–water partition coefficient (Wildman–Crippen LogP) is 5.21. The number of hydrogen-bond donors (Lipinski definition) is 2. The van der Waals surface area contributed by atoms with Crippen LogP contribution in [0.15, 0.2) is 60.7 Å². The minimum atomic E-state index is -2.85. The second kappa shape index (κ2) is 8.57. The van der Waals surface area contributed by atoms with Crippen LogP contribution in [0.5, 0.6) is 11.5 Å². The molecule has 0 saturated carbocycles. The van der Waals surface area contributed by atoms with Crippen LogP contribution in [0, 0.1) is 0 Å². The summed E-state index contributed by atoms with van der Waals surface area (Å²) in [6.07, 6.45) is -0.253. The van der Waals surface area contributed by atoms with Crippen molar-refractivity contribution in [3.8, 4) is 11.5 Å². The van der Waals surface area contributed by atoms with E-state index in [0.717, 1.165) is 10.8 Å². The molecule has 0 saturated heterocycles. The van der Waals surface area contributed by atoms with Crippen molar-refractivity contribution in [1.29, 1.82) is 0 Å². The molecule has 4 nitrogen and oxygen atoms in total. The van der Waals surface area contributed by atoms with Gasteiger partial charge in [-0.1, -0.05) is 19.1 Å². The molecule has 0 bridgehead atoms. The summed E-state index contributed by atoms with van der Waals surface area (Å²) in [6.45, 7) is 3.65. The molecule has 0 unspecified atom stereocenters. The fraction of sp³-hybridized carbons (Fsp3) is 0.261. The maximum absolute atomic E-state index is 13.8. The third-order valence-corrected chi connectivity index (χ3v) is 4.78. The summed E-state index contributed by atoms with van der Waals surface area (Å²) in [5.41, 5.74) is 6.04. The molecule has 0 aliphatic heterocycles. The van der Waals surface area contributed by atoms with Gasteiger partial charge in [-0.3, -0.25) is 4.79 Å². The summed E-state index contributed by atoms with van der Waals surface area (Å²) in [7, 11) is 0. The van der Waals surface area contributed by atoms with E-state index in [2.05, 4.69) is 5.32 Å². The molecule has 0 aliphatic carbocycles. The summed E-state index contributed by atoms with van der Waals surface area (Å²) in [5.74, 6) is -1.99. The van der Waals surface area contributed by atoms with Crippen LogP contribution < -0.4 is 15.8 Å². The number of fused-ring (bicyclic) bond motifs is 1. The van der Waals surface area contributed by atoms with Gasteiger partial charge >= 0.3 is 0 Å². The number of ether oxygens (including phenoxy) is 1. The Labute approximate surface area is 168 Å². The van der Waals surface area contributed by atoms with Gasteiger partial charge in [-0.25, -0.2) is 8.78 Å². The van der Waals surface area contributed by atoms with Gasteiger partial charge in [0, 0.05) is 35.5 Å². The maximum atomic E-state index is 13.8. The number of amides is 1. The Morgan fingerprint density at radius 3 is 2.52 bits per heavy atom. The lowest BCUT2D eigenvalue weighted by molar-refractivity contribution is -0.00831. The van der Waals surface area contributed by atoms with Crippen LogP contribution in [-0.4, -0.2) is 18.5 Å². The van der Waals surface area contributed by atoms with Crippen molar-refractivity contribution in [3.05, 3.63) is 71.8 Å². The third kappa shape index (κ3) is 4.71. The van der Waals surface area contributed by atoms with E-state index in [1.165, 1.54) is 31.2 Å². The Hall–Kier alpha value is -2.99. The molecule has 3 aromatic rings. The smallest absolute Gasteiger partial charge is 0.273 e. The highest BCUT2D eigenvalue weighted by atomic mass is 19.3. The van der Waals surface area contributed by atoms with Crippen molar-refractivity contribution in [2.75, 3.05) is 6.54 Å². The zero-order chi connectivity index (χ0) is 21.0. The Bertz CT molecular complexity index is 1000. The van der Waals surface area contributed by atoms with Gasteiger partial charge in [0.2, 0.25) is 0 Å². The zero-order valence-electron chi connectivity index (χ0n) is 16.4. The fourth-order valence-electron chi connectivity index (χ4n) is 2.95. The van der Waals surface area contributed by atoms with E-state index in [0.29, 0.717) is 23.6 Å². The van der Waals surface area contributed by atoms with E-state index >= 15 is 0 Å². The van der Waals surface area contributed by atoms with Crippen molar-refractivity contribution < 1.29 is 18.3 Å². The first-order valence-corrected chi connectivity index (χ1v) is 9.54. The highest BCUT2D eigenvalue weighted by Crippen LogP contribution is 2.34. The molecule has 1 atom stereocenters. The highest BCUT2D eigenvalue weighted by Gasteiger charge is 2.28. The lowest BCUT2D eigenvalue weighted by Crippen LogP contribution is -2.37. The molecular weight excluding hydrogens is 374 g/mol. The minimum absolute atomic E-state index is 0.0346. The molecule has 0 radical (unpaired) electrons. The number of benzene rings is 3. The van der Waals surface area contributed by atoms with Crippen molar-refractivity contribution >= 4 is 16.7 Å². The number of nitrogens with one attached hydrogen (secondary N) is 1. The van der Waals surface area contributed by atoms with Crippen LogP contribution in [-0.2, 0) is 5.92 Å². The molecule has 0 spiro atoms. The molecule has 0 heterocycles. The average Bonchev–Trinajstić information content (AvgIpc) is 2.73. The summed E-state index contributed by atoms with van der Waals surface area (Å²) < 4.78 is 33.5. The Balaban J connectivity index is 1.84. The molecule has 0 aromatic heterocycles. The molecule has 0 aliphatic rings. The maximum Gasteiger partial charge on any atom is 0.273 e. The third-order valence-electron chi connectivity index (χ3n) is 4.78. The number of alkyl halides is 2. The van der Waals surface area contributed by atoms with Gasteiger partial charge < -0.3 is 15.8 Å². The van der Waals surface area contributed by atoms with Crippen LogP contribution in [0.2, 0.25) is 0 Å². The minimum Gasteiger partial charge on any atom is -0.457 e. The summed E-state index contributed by atoms with van der Waals surface area (Å²) in [5, 5.41) is 4.49. The Kier molecular flexibility index (Phi) is 6.13. The molecular formula is C23H24F2N2O2. The standard InChI is InChI=1S/C23H24F2N2O2/c1-3-23(24,25)18-8-10-19(11-9-18)29-21-6-4-5-16-13-17(7-12-20(16)21)22(28)27-15(2)14-26/h4-13,15H,3,14,26H2,1-2H3,(H,27,28)/t15-/m1/s1. The average molecular weight is 398 g/mol. The van der Waals surface area contributed by atoms with Crippen LogP contribution >= 0.6 is 0 Å². The molecule has 3 rings (SSSR count). The van der Waals surface area contributed by atoms with Crippen molar-refractivity contribution in [3.63, 3.8) is 0 Å². The van der Waals surface area contributed by atoms with E-state index in [1.807, 2.05) is 25.1 Å². The van der Waals surface area contributed by atoms with Gasteiger partial charge in [-0.2, -0.15) is 0 Å². The first-order chi connectivity index (χ1) is 13.8. The largest absolute Gasteiger partial charge is 0.457 e. The number of carbonyl (C=O) groups is 1. The monoisotopic (exact) mass is 398 g/mol. The zero-order valence-corrected chi connectivity index (χ0v) is 16.4. The number of halogens is 2. The molecule has 3 aromatic carbocycles. The van der Waals surface area contributed by atoms with E-state index < -0.39 is 5.92 Å². The quantitative estimate of drug-likeness (QED) is 0.574. The lowest BCUT2D eigenvalue weighted by atomic mass is 10.1. The van der Waals surface area contributed by atoms with Gasteiger partial charge in [0.05, 0.1) is 0 Å². The highest BCUT2D eigenvalue weighted by molar-refractivity contribution is 6.00. The van der Waals surface area contributed by atoms with E-state index in [9.17, 15) is 13.6 Å². The van der Waals surface area contributed by atoms with Gasteiger partial charge in [-0.05, 0) is 60.8 Å². The van der Waals surface area contributed by atoms with Gasteiger partial charge in [0.15, 0.2) is 0 Å². The summed E-state index contributed by atoms with van der Waals surface area (Å²) in [4.78, 5) is 12.3. The van der Waals surface area contributed by atoms with Gasteiger partial charge in [-0.15, -0.1) is 0 Å². The SMILES string of the molecule is CCC(F)(F)c1ccc(Oc2cccc3cc(C(=O)N[C@H](C)CN)ccc23)cc1. The topological polar surface area (TPSA) is 64.3 Å². The van der Waals surface area contributed by atoms with Crippen LogP contribution in [0.1, 0.15) is 36.2 Å². The first-order valence-electron chi connectivity index (χ1n) is 9.54. The van der Waals surface area contributed by atoms with Crippen LogP contribution in [0.3, 0.4) is 0 Å². The predicted molar refractivity (Wildman–Crippen MR) is 111 cm³/mol. The number of nitrogens with two attached hydrogens (primary N) is 1. The van der Waals surface area contributed by atoms with Crippen molar-refractivity contribution in [1.82, 2.24) is 5.32 Å². The van der Waals surface area contributed by atoms with Crippen LogP contribution in [0.4, 0.5) is 8.78 Å². The molecule has 3 N–H and O–H groups in total. The van der Waals surface area contributed by atoms with E-state index in [4.69, 9.17) is 10.5 Å². The van der Waals surface area contributed by atoms with E-state index in [1.54, 1.807) is 18.2 Å². The van der Waals surface area contributed by atoms with Crippen LogP contribution in [0.25, 0.3) is 10.8 Å². The second-order valence-corrected chi connectivity index (χ2v) is 6.99. The number of hydrogen-bond acceptors (Lipinski definition) is 3. The lowest BCUT2D eigenvalue weighted by Gasteiger charge is -2.15. The molecule has 29 heavy (non-hydrogen) atoms. The van der Waals surface area contributed by atoms with Crippen molar-refractivity contribution in [2.45, 2.75) is 32.2 Å². The molecule has 1 amide bonds. The van der Waals surface area contributed by atoms with Gasteiger partial charge in [0.25, 0.3) is 11.8 Å². The Morgan fingerprint density at radius 1 is 1.14 bits per heavy atom. The first kappa shape index (κ1) is 20.7. The van der Waals surface area contributed by atoms with Crippen molar-refractivity contribution in [2.24, 2.45) is 5.73 Å². The summed E-state index contributed by atoms with van der Waals surface area (Å²) >= 11 is 0. The number of rotatable bonds is 7. The Morgan fingerprint density at radius 2 is 1.86 bits per heavy atom. The summed E-state index contributed by atoms with van der Waals surface area (Å²) in [6, 6.07) is 16.5. The molecule has 0 fully saturated rings. The normalized spacial score (nSPS) is 12.6. The number of carbonyl (C=O) groups excluding carboxylic acids is 1. The second-order valence-electron chi connectivity index (χ2n) is 6.99.